The molecule has 1 amide bonds. The highest BCUT2D eigenvalue weighted by molar-refractivity contribution is 5.95. The van der Waals surface area contributed by atoms with Crippen LogP contribution in [-0.4, -0.2) is 51.8 Å². The van der Waals surface area contributed by atoms with Crippen LogP contribution in [0.4, 0.5) is 19.0 Å². The van der Waals surface area contributed by atoms with E-state index in [-0.39, 0.29) is 18.8 Å². The minimum Gasteiger partial charge on any atom is -0.352 e. The van der Waals surface area contributed by atoms with Gasteiger partial charge in [0.15, 0.2) is 5.69 Å². The summed E-state index contributed by atoms with van der Waals surface area (Å²) < 4.78 is 42.5. The molecule has 1 aliphatic heterocycles. The number of alkyl halides is 3. The Hall–Kier alpha value is -3.87. The monoisotopic (exact) mass is 440 g/mol. The van der Waals surface area contributed by atoms with Gasteiger partial charge in [0, 0.05) is 32.4 Å². The summed E-state index contributed by atoms with van der Waals surface area (Å²) in [5, 5.41) is 13.1. The van der Waals surface area contributed by atoms with Crippen molar-refractivity contribution in [2.75, 3.05) is 31.1 Å². The highest BCUT2D eigenvalue weighted by Gasteiger charge is 2.41. The minimum atomic E-state index is -4.76. The van der Waals surface area contributed by atoms with E-state index in [1.54, 1.807) is 30.5 Å². The second-order valence-electron chi connectivity index (χ2n) is 7.42. The summed E-state index contributed by atoms with van der Waals surface area (Å²) in [6.45, 7) is 2.94. The Morgan fingerprint density at radius 1 is 1.09 bits per heavy atom. The maximum atomic E-state index is 13.9. The maximum absolute atomic E-state index is 13.9. The Kier molecular flexibility index (Phi) is 5.57. The largest absolute Gasteiger partial charge is 0.434 e. The van der Waals surface area contributed by atoms with E-state index in [1.807, 2.05) is 11.8 Å². The standard InChI is InChI=1S/C22H19F3N6O/c1-15-4-6-17(7-5-15)31-19(22(23,24)25)18(14-28-31)21(32)30-11-9-29(10-12-30)20-16(13-26)3-2-8-27-20/h2-8,14H,9-12H2,1H3. The van der Waals surface area contributed by atoms with Crippen molar-refractivity contribution in [2.45, 2.75) is 13.1 Å². The molecule has 0 atom stereocenters. The average molecular weight is 440 g/mol. The molecule has 3 heterocycles. The predicted molar refractivity (Wildman–Crippen MR) is 110 cm³/mol. The van der Waals surface area contributed by atoms with E-state index in [2.05, 4.69) is 16.2 Å². The van der Waals surface area contributed by atoms with Gasteiger partial charge >= 0.3 is 6.18 Å². The van der Waals surface area contributed by atoms with Crippen molar-refractivity contribution in [1.82, 2.24) is 19.7 Å². The van der Waals surface area contributed by atoms with Crippen LogP contribution in [0.5, 0.6) is 0 Å². The Labute approximate surface area is 182 Å². The zero-order chi connectivity index (χ0) is 22.9. The average Bonchev–Trinajstić information content (AvgIpc) is 3.25. The van der Waals surface area contributed by atoms with Gasteiger partial charge in [-0.1, -0.05) is 17.7 Å². The Morgan fingerprint density at radius 3 is 2.41 bits per heavy atom. The van der Waals surface area contributed by atoms with Gasteiger partial charge in [0.25, 0.3) is 5.91 Å². The lowest BCUT2D eigenvalue weighted by Gasteiger charge is -2.35. The molecule has 0 spiro atoms. The molecule has 4 rings (SSSR count). The third kappa shape index (κ3) is 4.01. The first kappa shape index (κ1) is 21.4. The second-order valence-corrected chi connectivity index (χ2v) is 7.42. The van der Waals surface area contributed by atoms with E-state index < -0.39 is 23.3 Å². The number of pyridine rings is 1. The highest BCUT2D eigenvalue weighted by Crippen LogP contribution is 2.34. The number of benzene rings is 1. The topological polar surface area (TPSA) is 78.1 Å². The summed E-state index contributed by atoms with van der Waals surface area (Å²) >= 11 is 0. The Bertz CT molecular complexity index is 1170. The number of aryl methyl sites for hydroxylation is 1. The molecule has 3 aromatic rings. The number of piperazine rings is 1. The summed E-state index contributed by atoms with van der Waals surface area (Å²) in [6, 6.07) is 11.8. The maximum Gasteiger partial charge on any atom is 0.434 e. The summed E-state index contributed by atoms with van der Waals surface area (Å²) in [7, 11) is 0. The van der Waals surface area contributed by atoms with E-state index in [1.165, 1.54) is 17.0 Å². The molecule has 0 saturated carbocycles. The molecular formula is C22H19F3N6O. The van der Waals surface area contributed by atoms with Crippen LogP contribution in [0, 0.1) is 18.3 Å². The molecule has 1 aliphatic rings. The van der Waals surface area contributed by atoms with Gasteiger partial charge in [0.2, 0.25) is 0 Å². The quantitative estimate of drug-likeness (QED) is 0.624. The number of hydrogen-bond acceptors (Lipinski definition) is 5. The van der Waals surface area contributed by atoms with Gasteiger partial charge < -0.3 is 9.80 Å². The van der Waals surface area contributed by atoms with Gasteiger partial charge in [0.05, 0.1) is 23.0 Å². The van der Waals surface area contributed by atoms with E-state index >= 15 is 0 Å². The van der Waals surface area contributed by atoms with Gasteiger partial charge in [0.1, 0.15) is 11.9 Å². The van der Waals surface area contributed by atoms with Crippen LogP contribution in [0.3, 0.4) is 0 Å². The van der Waals surface area contributed by atoms with Gasteiger partial charge in [-0.3, -0.25) is 4.79 Å². The number of hydrogen-bond donors (Lipinski definition) is 0. The van der Waals surface area contributed by atoms with Crippen molar-refractivity contribution in [1.29, 1.82) is 5.26 Å². The van der Waals surface area contributed by atoms with Crippen LogP contribution in [0.25, 0.3) is 5.69 Å². The number of nitriles is 1. The van der Waals surface area contributed by atoms with Gasteiger partial charge in [-0.2, -0.15) is 23.5 Å². The third-order valence-corrected chi connectivity index (χ3v) is 5.32. The molecule has 1 saturated heterocycles. The number of rotatable bonds is 3. The minimum absolute atomic E-state index is 0.202. The smallest absolute Gasteiger partial charge is 0.352 e. The van der Waals surface area contributed by atoms with Crippen molar-refractivity contribution in [3.05, 3.63) is 71.2 Å². The molecular weight excluding hydrogens is 421 g/mol. The van der Waals surface area contributed by atoms with Crippen molar-refractivity contribution < 1.29 is 18.0 Å². The summed E-state index contributed by atoms with van der Waals surface area (Å²) in [6.07, 6.45) is -2.21. The SMILES string of the molecule is Cc1ccc(-n2ncc(C(=O)N3CCN(c4ncccc4C#N)CC3)c2C(F)(F)F)cc1. The van der Waals surface area contributed by atoms with Crippen LogP contribution < -0.4 is 4.90 Å². The number of anilines is 1. The molecule has 10 heteroatoms. The lowest BCUT2D eigenvalue weighted by atomic mass is 10.1. The molecule has 0 aliphatic carbocycles. The first-order valence-corrected chi connectivity index (χ1v) is 9.91. The highest BCUT2D eigenvalue weighted by atomic mass is 19.4. The number of carbonyl (C=O) groups is 1. The van der Waals surface area contributed by atoms with Crippen LogP contribution in [0.15, 0.2) is 48.8 Å². The first-order chi connectivity index (χ1) is 15.3. The number of carbonyl (C=O) groups excluding carboxylic acids is 1. The molecule has 0 bridgehead atoms. The van der Waals surface area contributed by atoms with E-state index in [0.29, 0.717) is 24.5 Å². The fraction of sp³-hybridized carbons (Fsp3) is 0.273. The summed E-state index contributed by atoms with van der Waals surface area (Å²) in [5.41, 5.74) is -0.0413. The molecule has 0 radical (unpaired) electrons. The van der Waals surface area contributed by atoms with Crippen molar-refractivity contribution in [2.24, 2.45) is 0 Å². The van der Waals surface area contributed by atoms with E-state index in [0.717, 1.165) is 16.4 Å². The van der Waals surface area contributed by atoms with E-state index in [4.69, 9.17) is 0 Å². The normalized spacial score (nSPS) is 14.3. The molecule has 1 aromatic carbocycles. The molecule has 1 fully saturated rings. The molecule has 32 heavy (non-hydrogen) atoms. The number of halogens is 3. The lowest BCUT2D eigenvalue weighted by Crippen LogP contribution is -2.49. The van der Waals surface area contributed by atoms with Crippen LogP contribution in [-0.2, 0) is 6.18 Å². The fourth-order valence-electron chi connectivity index (χ4n) is 3.69. The van der Waals surface area contributed by atoms with Gasteiger partial charge in [-0.15, -0.1) is 0 Å². The van der Waals surface area contributed by atoms with Gasteiger partial charge in [-0.05, 0) is 31.2 Å². The number of nitrogens with zero attached hydrogens (tertiary/aromatic N) is 6. The molecule has 7 nitrogen and oxygen atoms in total. The number of amides is 1. The van der Waals surface area contributed by atoms with Gasteiger partial charge in [-0.25, -0.2) is 9.67 Å². The fourth-order valence-corrected chi connectivity index (χ4v) is 3.69. The molecule has 0 unspecified atom stereocenters. The van der Waals surface area contributed by atoms with Crippen LogP contribution >= 0.6 is 0 Å². The molecule has 0 N–H and O–H groups in total. The van der Waals surface area contributed by atoms with Crippen molar-refractivity contribution >= 4 is 11.7 Å². The molecule has 2 aromatic heterocycles. The van der Waals surface area contributed by atoms with Crippen molar-refractivity contribution in [3.8, 4) is 11.8 Å². The Balaban J connectivity index is 1.58. The first-order valence-electron chi connectivity index (χ1n) is 9.91. The lowest BCUT2D eigenvalue weighted by molar-refractivity contribution is -0.143. The zero-order valence-corrected chi connectivity index (χ0v) is 17.2. The summed E-state index contributed by atoms with van der Waals surface area (Å²) in [5.74, 6) is -0.220. The number of aromatic nitrogens is 3. The van der Waals surface area contributed by atoms with Crippen LogP contribution in [0.1, 0.15) is 27.2 Å². The molecule has 164 valence electrons. The van der Waals surface area contributed by atoms with Crippen molar-refractivity contribution in [3.63, 3.8) is 0 Å². The second kappa shape index (κ2) is 8.34. The predicted octanol–water partition coefficient (Wildman–Crippen LogP) is 3.43. The third-order valence-electron chi connectivity index (χ3n) is 5.32. The Morgan fingerprint density at radius 2 is 1.78 bits per heavy atom. The zero-order valence-electron chi connectivity index (χ0n) is 17.2. The summed E-state index contributed by atoms with van der Waals surface area (Å²) in [4.78, 5) is 20.5. The van der Waals surface area contributed by atoms with Crippen LogP contribution in [0.2, 0.25) is 0 Å². The van der Waals surface area contributed by atoms with E-state index in [9.17, 15) is 23.2 Å².